The second-order valence-corrected chi connectivity index (χ2v) is 3.83. The number of hydrogen-bond acceptors (Lipinski definition) is 1. The highest BCUT2D eigenvalue weighted by atomic mass is 127. The Labute approximate surface area is 88.8 Å². The van der Waals surface area contributed by atoms with Crippen LogP contribution in [0, 0.1) is 3.57 Å². The fourth-order valence-electron chi connectivity index (χ4n) is 0.681. The maximum absolute atomic E-state index is 5.83. The van der Waals surface area contributed by atoms with E-state index in [0.29, 0.717) is 15.8 Å². The molecule has 1 rings (SSSR count). The zero-order valence-corrected chi connectivity index (χ0v) is 9.37. The Balaban J connectivity index is 3.24. The summed E-state index contributed by atoms with van der Waals surface area (Å²) in [5, 5.41) is 1.21. The third-order valence-electron chi connectivity index (χ3n) is 1.18. The van der Waals surface area contributed by atoms with Crippen molar-refractivity contribution in [2.24, 2.45) is 0 Å². The molecule has 0 spiro atoms. The molecule has 0 aromatic heterocycles. The summed E-state index contributed by atoms with van der Waals surface area (Å²) in [6.45, 7) is 0. The third kappa shape index (κ3) is 2.13. The Bertz CT molecular complexity index is 275. The van der Waals surface area contributed by atoms with Crippen molar-refractivity contribution in [2.75, 3.05) is 7.11 Å². The second kappa shape index (κ2) is 3.83. The van der Waals surface area contributed by atoms with Gasteiger partial charge in [0.05, 0.1) is 15.7 Å². The number of ether oxygens (including phenoxy) is 1. The highest BCUT2D eigenvalue weighted by molar-refractivity contribution is 14.1. The molecule has 0 unspecified atom stereocenters. The van der Waals surface area contributed by atoms with E-state index in [0.717, 1.165) is 3.57 Å². The molecule has 0 bridgehead atoms. The van der Waals surface area contributed by atoms with E-state index in [4.69, 9.17) is 27.9 Å². The van der Waals surface area contributed by atoms with E-state index in [2.05, 4.69) is 22.6 Å². The zero-order valence-electron chi connectivity index (χ0n) is 5.70. The highest BCUT2D eigenvalue weighted by Gasteiger charge is 2.05. The summed E-state index contributed by atoms with van der Waals surface area (Å²) in [6.07, 6.45) is 0. The summed E-state index contributed by atoms with van der Waals surface area (Å²) in [6, 6.07) is 3.42. The molecule has 0 fully saturated rings. The third-order valence-corrected chi connectivity index (χ3v) is 3.13. The summed E-state index contributed by atoms with van der Waals surface area (Å²) in [5.41, 5.74) is 0. The summed E-state index contributed by atoms with van der Waals surface area (Å²) < 4.78 is 5.92. The number of rotatable bonds is 1. The molecule has 60 valence electrons. The van der Waals surface area contributed by atoms with Gasteiger partial charge in [0.2, 0.25) is 0 Å². The summed E-state index contributed by atoms with van der Waals surface area (Å²) in [4.78, 5) is 0. The van der Waals surface area contributed by atoms with Crippen LogP contribution in [0.3, 0.4) is 0 Å². The van der Waals surface area contributed by atoms with Crippen LogP contribution < -0.4 is 4.74 Å². The fourth-order valence-corrected chi connectivity index (χ4v) is 1.69. The largest absolute Gasteiger partial charge is 0.496 e. The maximum atomic E-state index is 5.83. The molecule has 0 aliphatic rings. The van der Waals surface area contributed by atoms with Crippen LogP contribution in [-0.4, -0.2) is 7.11 Å². The van der Waals surface area contributed by atoms with Gasteiger partial charge < -0.3 is 4.74 Å². The van der Waals surface area contributed by atoms with Gasteiger partial charge in [0.25, 0.3) is 0 Å². The predicted octanol–water partition coefficient (Wildman–Crippen LogP) is 3.61. The minimum absolute atomic E-state index is 0.590. The minimum Gasteiger partial charge on any atom is -0.496 e. The lowest BCUT2D eigenvalue weighted by molar-refractivity contribution is 0.412. The van der Waals surface area contributed by atoms with Crippen molar-refractivity contribution < 1.29 is 4.74 Å². The Morgan fingerprint density at radius 3 is 2.55 bits per heavy atom. The minimum atomic E-state index is 0.590. The predicted molar refractivity (Wildman–Crippen MR) is 55.7 cm³/mol. The first-order valence-corrected chi connectivity index (χ1v) is 4.67. The van der Waals surface area contributed by atoms with Crippen LogP contribution >= 0.6 is 45.8 Å². The van der Waals surface area contributed by atoms with Crippen molar-refractivity contribution in [2.45, 2.75) is 0 Å². The van der Waals surface area contributed by atoms with E-state index in [1.54, 1.807) is 19.2 Å². The standard InChI is InChI=1S/C7H5Cl2IO/c1-11-6-3-4(8)2-5(9)7(6)10/h2-3H,1H3. The average Bonchev–Trinajstić information content (AvgIpc) is 1.96. The molecule has 0 N–H and O–H groups in total. The summed E-state index contributed by atoms with van der Waals surface area (Å²) in [5.74, 6) is 0.711. The van der Waals surface area contributed by atoms with Crippen molar-refractivity contribution in [3.63, 3.8) is 0 Å². The molecule has 4 heteroatoms. The van der Waals surface area contributed by atoms with Gasteiger partial charge in [-0.3, -0.25) is 0 Å². The van der Waals surface area contributed by atoms with Crippen molar-refractivity contribution in [3.8, 4) is 5.75 Å². The zero-order chi connectivity index (χ0) is 8.43. The lowest BCUT2D eigenvalue weighted by atomic mass is 10.3. The first-order chi connectivity index (χ1) is 5.15. The molecule has 0 aliphatic carbocycles. The lowest BCUT2D eigenvalue weighted by Gasteiger charge is -2.04. The molecule has 0 heterocycles. The molecular formula is C7H5Cl2IO. The Morgan fingerprint density at radius 1 is 1.36 bits per heavy atom. The topological polar surface area (TPSA) is 9.23 Å². The lowest BCUT2D eigenvalue weighted by Crippen LogP contribution is -1.87. The van der Waals surface area contributed by atoms with E-state index in [1.807, 2.05) is 0 Å². The number of halogens is 3. The Hall–Kier alpha value is 0.330. The van der Waals surface area contributed by atoms with Crippen LogP contribution in [0.15, 0.2) is 12.1 Å². The van der Waals surface area contributed by atoms with Gasteiger partial charge in [-0.1, -0.05) is 23.2 Å². The van der Waals surface area contributed by atoms with Crippen LogP contribution in [0.2, 0.25) is 10.0 Å². The van der Waals surface area contributed by atoms with E-state index in [1.165, 1.54) is 0 Å². The number of benzene rings is 1. The van der Waals surface area contributed by atoms with Gasteiger partial charge in [0, 0.05) is 5.02 Å². The van der Waals surface area contributed by atoms with Crippen LogP contribution in [0.5, 0.6) is 5.75 Å². The van der Waals surface area contributed by atoms with Crippen LogP contribution in [0.25, 0.3) is 0 Å². The Morgan fingerprint density at radius 2 is 2.00 bits per heavy atom. The second-order valence-electron chi connectivity index (χ2n) is 1.90. The Kier molecular flexibility index (Phi) is 3.28. The van der Waals surface area contributed by atoms with Gasteiger partial charge in [0.15, 0.2) is 0 Å². The van der Waals surface area contributed by atoms with Crippen molar-refractivity contribution in [1.29, 1.82) is 0 Å². The van der Waals surface area contributed by atoms with E-state index < -0.39 is 0 Å². The molecule has 0 radical (unpaired) electrons. The van der Waals surface area contributed by atoms with E-state index >= 15 is 0 Å². The molecular weight excluding hydrogens is 298 g/mol. The molecule has 1 aromatic rings. The summed E-state index contributed by atoms with van der Waals surface area (Å²) >= 11 is 13.7. The van der Waals surface area contributed by atoms with Crippen LogP contribution in [0.1, 0.15) is 0 Å². The van der Waals surface area contributed by atoms with E-state index in [9.17, 15) is 0 Å². The van der Waals surface area contributed by atoms with Gasteiger partial charge in [-0.15, -0.1) is 0 Å². The molecule has 1 aromatic carbocycles. The molecule has 0 atom stereocenters. The monoisotopic (exact) mass is 302 g/mol. The molecule has 0 saturated carbocycles. The molecule has 0 amide bonds. The summed E-state index contributed by atoms with van der Waals surface area (Å²) in [7, 11) is 1.59. The molecule has 0 aliphatic heterocycles. The van der Waals surface area contributed by atoms with Crippen molar-refractivity contribution in [1.82, 2.24) is 0 Å². The average molecular weight is 303 g/mol. The normalized spacial score (nSPS) is 9.82. The fraction of sp³-hybridized carbons (Fsp3) is 0.143. The quantitative estimate of drug-likeness (QED) is 0.569. The van der Waals surface area contributed by atoms with Gasteiger partial charge in [-0.2, -0.15) is 0 Å². The van der Waals surface area contributed by atoms with Crippen molar-refractivity contribution >= 4 is 45.8 Å². The highest BCUT2D eigenvalue weighted by Crippen LogP contribution is 2.31. The van der Waals surface area contributed by atoms with E-state index in [-0.39, 0.29) is 0 Å². The van der Waals surface area contributed by atoms with Crippen LogP contribution in [-0.2, 0) is 0 Å². The smallest absolute Gasteiger partial charge is 0.135 e. The van der Waals surface area contributed by atoms with Crippen molar-refractivity contribution in [3.05, 3.63) is 25.7 Å². The number of methoxy groups -OCH3 is 1. The SMILES string of the molecule is COc1cc(Cl)cc(Cl)c1I. The van der Waals surface area contributed by atoms with Gasteiger partial charge >= 0.3 is 0 Å². The molecule has 1 nitrogen and oxygen atoms in total. The first kappa shape index (κ1) is 9.42. The van der Waals surface area contributed by atoms with Crippen LogP contribution in [0.4, 0.5) is 0 Å². The molecule has 0 saturated heterocycles. The van der Waals surface area contributed by atoms with Gasteiger partial charge in [-0.05, 0) is 34.7 Å². The first-order valence-electron chi connectivity index (χ1n) is 2.83. The molecule has 11 heavy (non-hydrogen) atoms. The maximum Gasteiger partial charge on any atom is 0.135 e. The number of hydrogen-bond donors (Lipinski definition) is 0. The van der Waals surface area contributed by atoms with Gasteiger partial charge in [0.1, 0.15) is 5.75 Å². The van der Waals surface area contributed by atoms with Gasteiger partial charge in [-0.25, -0.2) is 0 Å².